The van der Waals surface area contributed by atoms with Gasteiger partial charge in [-0.3, -0.25) is 9.36 Å². The minimum Gasteiger partial charge on any atom is -0.465 e. The first kappa shape index (κ1) is 19.9. The van der Waals surface area contributed by atoms with E-state index in [0.29, 0.717) is 18.3 Å². The number of aryl methyl sites for hydroxylation is 2. The van der Waals surface area contributed by atoms with Gasteiger partial charge in [0.25, 0.3) is 0 Å². The number of para-hydroxylation sites is 1. The average Bonchev–Trinajstić information content (AvgIpc) is 3.09. The molecule has 6 nitrogen and oxygen atoms in total. The van der Waals surface area contributed by atoms with Crippen LogP contribution in [0.1, 0.15) is 23.9 Å². The summed E-state index contributed by atoms with van der Waals surface area (Å²) in [6, 6.07) is 16.2. The second-order valence-corrected chi connectivity index (χ2v) is 7.28. The molecule has 1 aromatic heterocycles. The zero-order valence-electron chi connectivity index (χ0n) is 16.3. The molecular formula is C21H24N4O2S. The van der Waals surface area contributed by atoms with Crippen molar-refractivity contribution in [1.82, 2.24) is 14.8 Å². The maximum absolute atomic E-state index is 11.7. The first-order valence-corrected chi connectivity index (χ1v) is 10.2. The van der Waals surface area contributed by atoms with E-state index in [4.69, 9.17) is 4.74 Å². The third-order valence-corrected chi connectivity index (χ3v) is 5.06. The predicted molar refractivity (Wildman–Crippen MR) is 112 cm³/mol. The van der Waals surface area contributed by atoms with Crippen LogP contribution in [0.5, 0.6) is 0 Å². The molecular weight excluding hydrogens is 372 g/mol. The Morgan fingerprint density at radius 1 is 1.14 bits per heavy atom. The van der Waals surface area contributed by atoms with Crippen LogP contribution in [-0.2, 0) is 16.1 Å². The molecule has 1 N–H and O–H groups in total. The highest BCUT2D eigenvalue weighted by Gasteiger charge is 2.16. The van der Waals surface area contributed by atoms with E-state index >= 15 is 0 Å². The number of anilines is 1. The highest BCUT2D eigenvalue weighted by Crippen LogP contribution is 2.23. The maximum Gasteiger partial charge on any atom is 0.316 e. The molecule has 0 unspecified atom stereocenters. The first-order chi connectivity index (χ1) is 13.6. The SMILES string of the molecule is CCOC(=O)CSc1nnc(CNc2ccc(C)cc2C)n1-c1ccccc1. The van der Waals surface area contributed by atoms with Crippen molar-refractivity contribution in [3.8, 4) is 5.69 Å². The Balaban J connectivity index is 1.83. The summed E-state index contributed by atoms with van der Waals surface area (Å²) in [6.45, 7) is 6.85. The average molecular weight is 397 g/mol. The Morgan fingerprint density at radius 2 is 1.93 bits per heavy atom. The van der Waals surface area contributed by atoms with Gasteiger partial charge in [0.15, 0.2) is 11.0 Å². The Hall–Kier alpha value is -2.80. The van der Waals surface area contributed by atoms with Gasteiger partial charge in [-0.2, -0.15) is 0 Å². The molecule has 0 saturated heterocycles. The van der Waals surface area contributed by atoms with Crippen LogP contribution in [0.4, 0.5) is 5.69 Å². The second kappa shape index (κ2) is 9.41. The van der Waals surface area contributed by atoms with Gasteiger partial charge < -0.3 is 10.1 Å². The van der Waals surface area contributed by atoms with E-state index < -0.39 is 0 Å². The molecule has 0 aliphatic carbocycles. The molecule has 3 aromatic rings. The highest BCUT2D eigenvalue weighted by molar-refractivity contribution is 7.99. The molecule has 146 valence electrons. The van der Waals surface area contributed by atoms with Gasteiger partial charge >= 0.3 is 5.97 Å². The van der Waals surface area contributed by atoms with Gasteiger partial charge in [0.1, 0.15) is 0 Å². The molecule has 0 radical (unpaired) electrons. The summed E-state index contributed by atoms with van der Waals surface area (Å²) in [5.74, 6) is 0.714. The van der Waals surface area contributed by atoms with Gasteiger partial charge in [-0.05, 0) is 44.5 Å². The summed E-state index contributed by atoms with van der Waals surface area (Å²) in [5.41, 5.74) is 4.43. The minimum atomic E-state index is -0.259. The summed E-state index contributed by atoms with van der Waals surface area (Å²) >= 11 is 1.32. The molecule has 0 aliphatic rings. The number of benzene rings is 2. The molecule has 0 amide bonds. The Morgan fingerprint density at radius 3 is 2.64 bits per heavy atom. The van der Waals surface area contributed by atoms with Crippen LogP contribution in [0.3, 0.4) is 0 Å². The summed E-state index contributed by atoms with van der Waals surface area (Å²) in [6.07, 6.45) is 0. The van der Waals surface area contributed by atoms with Gasteiger partial charge in [0.2, 0.25) is 0 Å². The summed E-state index contributed by atoms with van der Waals surface area (Å²) in [5, 5.41) is 12.8. The van der Waals surface area contributed by atoms with Crippen LogP contribution in [0.2, 0.25) is 0 Å². The van der Waals surface area contributed by atoms with Crippen LogP contribution in [0.15, 0.2) is 53.7 Å². The minimum absolute atomic E-state index is 0.198. The van der Waals surface area contributed by atoms with Crippen molar-refractivity contribution in [2.75, 3.05) is 17.7 Å². The Bertz CT molecular complexity index is 941. The van der Waals surface area contributed by atoms with Gasteiger partial charge in [0, 0.05) is 11.4 Å². The predicted octanol–water partition coefficient (Wildman–Crippen LogP) is 4.15. The Kier molecular flexibility index (Phi) is 6.71. The van der Waals surface area contributed by atoms with E-state index in [1.807, 2.05) is 34.9 Å². The second-order valence-electron chi connectivity index (χ2n) is 6.34. The molecule has 0 bridgehead atoms. The number of carbonyl (C=O) groups excluding carboxylic acids is 1. The fourth-order valence-corrected chi connectivity index (χ4v) is 3.63. The number of hydrogen-bond donors (Lipinski definition) is 1. The molecule has 0 fully saturated rings. The van der Waals surface area contributed by atoms with Crippen LogP contribution in [0, 0.1) is 13.8 Å². The van der Waals surface area contributed by atoms with Crippen LogP contribution in [0.25, 0.3) is 5.69 Å². The molecule has 28 heavy (non-hydrogen) atoms. The monoisotopic (exact) mass is 396 g/mol. The smallest absolute Gasteiger partial charge is 0.316 e. The molecule has 0 aliphatic heterocycles. The zero-order chi connectivity index (χ0) is 19.9. The van der Waals surface area contributed by atoms with Crippen LogP contribution < -0.4 is 5.32 Å². The molecule has 1 heterocycles. The lowest BCUT2D eigenvalue weighted by atomic mass is 10.1. The molecule has 7 heteroatoms. The fourth-order valence-electron chi connectivity index (χ4n) is 2.86. The number of ether oxygens (including phenoxy) is 1. The maximum atomic E-state index is 11.7. The first-order valence-electron chi connectivity index (χ1n) is 9.17. The van der Waals surface area contributed by atoms with Crippen molar-refractivity contribution in [3.05, 3.63) is 65.5 Å². The lowest BCUT2D eigenvalue weighted by molar-refractivity contribution is -0.139. The lowest BCUT2D eigenvalue weighted by Gasteiger charge is -2.13. The van der Waals surface area contributed by atoms with Crippen molar-refractivity contribution < 1.29 is 9.53 Å². The zero-order valence-corrected chi connectivity index (χ0v) is 17.1. The summed E-state index contributed by atoms with van der Waals surface area (Å²) in [7, 11) is 0. The molecule has 0 saturated carbocycles. The number of carbonyl (C=O) groups is 1. The number of nitrogens with one attached hydrogen (secondary N) is 1. The van der Waals surface area contributed by atoms with Gasteiger partial charge in [-0.1, -0.05) is 47.7 Å². The third kappa shape index (κ3) is 4.92. The van der Waals surface area contributed by atoms with E-state index in [-0.39, 0.29) is 11.7 Å². The summed E-state index contributed by atoms with van der Waals surface area (Å²) < 4.78 is 6.99. The molecule has 2 aromatic carbocycles. The largest absolute Gasteiger partial charge is 0.465 e. The van der Waals surface area contributed by atoms with Crippen LogP contribution in [-0.4, -0.2) is 33.1 Å². The van der Waals surface area contributed by atoms with Crippen molar-refractivity contribution in [1.29, 1.82) is 0 Å². The Labute approximate surface area is 169 Å². The van der Waals surface area contributed by atoms with E-state index in [2.05, 4.69) is 47.6 Å². The number of esters is 1. The normalized spacial score (nSPS) is 10.7. The van der Waals surface area contributed by atoms with Gasteiger partial charge in [-0.15, -0.1) is 10.2 Å². The van der Waals surface area contributed by atoms with Crippen molar-refractivity contribution >= 4 is 23.4 Å². The van der Waals surface area contributed by atoms with Crippen molar-refractivity contribution in [2.45, 2.75) is 32.5 Å². The third-order valence-electron chi connectivity index (χ3n) is 4.16. The highest BCUT2D eigenvalue weighted by atomic mass is 32.2. The number of hydrogen-bond acceptors (Lipinski definition) is 6. The van der Waals surface area contributed by atoms with E-state index in [0.717, 1.165) is 17.2 Å². The topological polar surface area (TPSA) is 69.0 Å². The quantitative estimate of drug-likeness (QED) is 0.456. The number of nitrogens with zero attached hydrogens (tertiary/aromatic N) is 3. The van der Waals surface area contributed by atoms with Crippen molar-refractivity contribution in [3.63, 3.8) is 0 Å². The molecule has 0 spiro atoms. The number of aromatic nitrogens is 3. The lowest BCUT2D eigenvalue weighted by Crippen LogP contribution is -2.10. The molecule has 3 rings (SSSR count). The van der Waals surface area contributed by atoms with Crippen molar-refractivity contribution in [2.24, 2.45) is 0 Å². The van der Waals surface area contributed by atoms with Gasteiger partial charge in [0.05, 0.1) is 18.9 Å². The fraction of sp³-hybridized carbons (Fsp3) is 0.286. The number of thioether (sulfide) groups is 1. The molecule has 0 atom stereocenters. The number of rotatable bonds is 8. The van der Waals surface area contributed by atoms with E-state index in [1.165, 1.54) is 22.9 Å². The standard InChI is InChI=1S/C21H24N4O2S/c1-4-27-20(26)14-28-21-24-23-19(25(21)17-8-6-5-7-9-17)13-22-18-11-10-15(2)12-16(18)3/h5-12,22H,4,13-14H2,1-3H3. The van der Waals surface area contributed by atoms with E-state index in [9.17, 15) is 4.79 Å². The van der Waals surface area contributed by atoms with Crippen LogP contribution >= 0.6 is 11.8 Å². The summed E-state index contributed by atoms with van der Waals surface area (Å²) in [4.78, 5) is 11.7. The van der Waals surface area contributed by atoms with E-state index in [1.54, 1.807) is 6.92 Å². The van der Waals surface area contributed by atoms with Gasteiger partial charge in [-0.25, -0.2) is 0 Å².